The number of ether oxygens (including phenoxy) is 1. The van der Waals surface area contributed by atoms with Gasteiger partial charge in [-0.3, -0.25) is 0 Å². The summed E-state index contributed by atoms with van der Waals surface area (Å²) < 4.78 is 33.3. The molecule has 3 rings (SSSR count). The zero-order valence-corrected chi connectivity index (χ0v) is 19.4. The van der Waals surface area contributed by atoms with Gasteiger partial charge in [0, 0.05) is 0 Å². The Hall–Kier alpha value is -0.680. The van der Waals surface area contributed by atoms with Crippen molar-refractivity contribution in [1.29, 1.82) is 0 Å². The van der Waals surface area contributed by atoms with Crippen LogP contribution in [0.15, 0.2) is 24.3 Å². The Bertz CT molecular complexity index is 878. The summed E-state index contributed by atoms with van der Waals surface area (Å²) in [6.07, 6.45) is -2.61. The van der Waals surface area contributed by atoms with E-state index >= 15 is 0 Å². The van der Waals surface area contributed by atoms with Crippen LogP contribution in [0.25, 0.3) is 10.2 Å². The van der Waals surface area contributed by atoms with Gasteiger partial charge in [-0.15, -0.1) is 11.3 Å². The molecule has 1 aromatic heterocycles. The Balaban J connectivity index is 0.000000530. The molecule has 4 unspecified atom stereocenters. The number of rotatable bonds is 1. The van der Waals surface area contributed by atoms with Gasteiger partial charge in [-0.25, -0.2) is 18.7 Å². The number of phosphoric acid groups is 3. The van der Waals surface area contributed by atoms with Crippen molar-refractivity contribution in [2.75, 3.05) is 0 Å². The summed E-state index contributed by atoms with van der Waals surface area (Å²) in [6, 6.07) is 7.79. The number of thiazole rings is 1. The number of para-hydroxylation sites is 1. The van der Waals surface area contributed by atoms with Crippen molar-refractivity contribution >= 4 is 45.0 Å². The lowest BCUT2D eigenvalue weighted by Crippen LogP contribution is -2.28. The second-order valence-corrected chi connectivity index (χ2v) is 9.94. The molecule has 0 amide bonds. The van der Waals surface area contributed by atoms with Crippen LogP contribution in [0.2, 0.25) is 0 Å². The molecule has 0 saturated carbocycles. The fourth-order valence-electron chi connectivity index (χ4n) is 2.07. The van der Waals surface area contributed by atoms with Crippen LogP contribution >= 0.6 is 34.8 Å². The number of aliphatic hydroxyl groups excluding tert-OH is 2. The zero-order valence-electron chi connectivity index (χ0n) is 15.9. The van der Waals surface area contributed by atoms with Crippen LogP contribution in [-0.2, 0) is 18.4 Å². The van der Waals surface area contributed by atoms with Crippen LogP contribution in [0, 0.1) is 0 Å². The maximum atomic E-state index is 9.90. The van der Waals surface area contributed by atoms with Gasteiger partial charge in [-0.1, -0.05) is 12.1 Å². The van der Waals surface area contributed by atoms with E-state index in [-0.39, 0.29) is 6.10 Å². The second-order valence-electron chi connectivity index (χ2n) is 5.80. The minimum atomic E-state index is -4.64. The monoisotopic (exact) mass is 545 g/mol. The fourth-order valence-corrected chi connectivity index (χ4v) is 3.11. The summed E-state index contributed by atoms with van der Waals surface area (Å²) in [5.41, 5.74) is 0.900. The third-order valence-electron chi connectivity index (χ3n) is 3.06. The van der Waals surface area contributed by atoms with Crippen molar-refractivity contribution in [3.63, 3.8) is 0 Å². The van der Waals surface area contributed by atoms with E-state index in [9.17, 15) is 10.2 Å². The minimum Gasteiger partial charge on any atom is -0.388 e. The molecule has 0 radical (unpaired) electrons. The molecule has 1 aliphatic heterocycles. The summed E-state index contributed by atoms with van der Waals surface area (Å²) in [6.45, 7) is 1.75. The van der Waals surface area contributed by atoms with Gasteiger partial charge in [0.05, 0.1) is 16.3 Å². The molecule has 1 aliphatic rings. The number of benzene rings is 1. The predicted molar refractivity (Wildman–Crippen MR) is 108 cm³/mol. The number of fused-ring (bicyclic) bond motifs is 1. The number of aromatic nitrogens is 1. The fraction of sp³-hybridized carbons (Fsp3) is 0.417. The molecule has 16 nitrogen and oxygen atoms in total. The smallest absolute Gasteiger partial charge is 0.388 e. The lowest BCUT2D eigenvalue weighted by atomic mass is 10.1. The molecule has 11 N–H and O–H groups in total. The molecule has 0 bridgehead atoms. The van der Waals surface area contributed by atoms with E-state index in [1.807, 2.05) is 24.3 Å². The highest BCUT2D eigenvalue weighted by molar-refractivity contribution is 7.45. The van der Waals surface area contributed by atoms with Crippen molar-refractivity contribution in [2.45, 2.75) is 31.3 Å². The molecule has 2 aromatic rings. The van der Waals surface area contributed by atoms with Crippen molar-refractivity contribution in [2.24, 2.45) is 0 Å². The lowest BCUT2D eigenvalue weighted by molar-refractivity contribution is 0.0151. The highest BCUT2D eigenvalue weighted by atomic mass is 32.1. The van der Waals surface area contributed by atoms with Gasteiger partial charge in [0.2, 0.25) is 0 Å². The average Bonchev–Trinajstić information content (AvgIpc) is 3.07. The van der Waals surface area contributed by atoms with Crippen LogP contribution in [-0.4, -0.2) is 77.5 Å². The van der Waals surface area contributed by atoms with Crippen LogP contribution in [0.3, 0.4) is 0 Å². The summed E-state index contributed by atoms with van der Waals surface area (Å²) in [5, 5.41) is 20.3. The maximum absolute atomic E-state index is 9.90. The third-order valence-corrected chi connectivity index (χ3v) is 4.15. The van der Waals surface area contributed by atoms with Crippen LogP contribution in [0.4, 0.5) is 0 Å². The molecular formula is C12H22NO15P3S. The van der Waals surface area contributed by atoms with Gasteiger partial charge in [0.1, 0.15) is 23.3 Å². The second kappa shape index (κ2) is 12.7. The summed E-state index contributed by atoms with van der Waals surface area (Å²) in [5.74, 6) is 0. The predicted octanol–water partition coefficient (Wildman–Crippen LogP) is -1.31. The highest BCUT2D eigenvalue weighted by Crippen LogP contribution is 2.37. The molecule has 186 valence electrons. The standard InChI is InChI=1S/C12H13NO3S.3H3O4P/c1-6-9(14)10(15)11(16-6)12-13-7-4-2-3-5-8(7)17-12;3*1-5(2,3)4/h2-6,9-11,14-15H,1H3;3*(H3,1,2,3,4). The quantitative estimate of drug-likeness (QED) is 0.185. The molecule has 4 atom stereocenters. The third kappa shape index (κ3) is 16.0. The van der Waals surface area contributed by atoms with Crippen molar-refractivity contribution in [3.05, 3.63) is 29.3 Å². The normalized spacial score (nSPS) is 23.2. The van der Waals surface area contributed by atoms with Gasteiger partial charge < -0.3 is 59.0 Å². The van der Waals surface area contributed by atoms with Crippen molar-refractivity contribution < 1.29 is 72.7 Å². The van der Waals surface area contributed by atoms with E-state index in [0.29, 0.717) is 0 Å². The van der Waals surface area contributed by atoms with Gasteiger partial charge in [-0.2, -0.15) is 0 Å². The maximum Gasteiger partial charge on any atom is 0.466 e. The molecule has 1 fully saturated rings. The Morgan fingerprint density at radius 1 is 0.812 bits per heavy atom. The van der Waals surface area contributed by atoms with Crippen LogP contribution < -0.4 is 0 Å². The highest BCUT2D eigenvalue weighted by Gasteiger charge is 2.42. The minimum absolute atomic E-state index is 0.359. The van der Waals surface area contributed by atoms with Gasteiger partial charge in [-0.05, 0) is 19.1 Å². The molecule has 0 spiro atoms. The largest absolute Gasteiger partial charge is 0.466 e. The van der Waals surface area contributed by atoms with Gasteiger partial charge >= 0.3 is 23.5 Å². The topological polar surface area (TPSA) is 296 Å². The Morgan fingerprint density at radius 2 is 1.22 bits per heavy atom. The zero-order chi connectivity index (χ0) is 25.5. The SMILES string of the molecule is CC1OC(c2nc3ccccc3s2)C(O)C1O.O=P(O)(O)O.O=P(O)(O)O.O=P(O)(O)O. The Morgan fingerprint density at radius 3 is 1.56 bits per heavy atom. The number of hydrogen-bond acceptors (Lipinski definition) is 8. The van der Waals surface area contributed by atoms with E-state index in [0.717, 1.165) is 15.2 Å². The Kier molecular flexibility index (Phi) is 12.4. The lowest BCUT2D eigenvalue weighted by Gasteiger charge is -2.11. The number of aliphatic hydroxyl groups is 2. The molecule has 20 heteroatoms. The molecule has 32 heavy (non-hydrogen) atoms. The summed E-state index contributed by atoms with van der Waals surface area (Å²) in [7, 11) is -13.9. The van der Waals surface area contributed by atoms with E-state index in [1.165, 1.54) is 11.3 Å². The number of nitrogens with zero attached hydrogens (tertiary/aromatic N) is 1. The van der Waals surface area contributed by atoms with E-state index < -0.39 is 41.8 Å². The summed E-state index contributed by atoms with van der Waals surface area (Å²) in [4.78, 5) is 69.1. The van der Waals surface area contributed by atoms with Crippen LogP contribution in [0.1, 0.15) is 18.0 Å². The van der Waals surface area contributed by atoms with E-state index in [1.54, 1.807) is 6.92 Å². The summed E-state index contributed by atoms with van der Waals surface area (Å²) >= 11 is 1.50. The van der Waals surface area contributed by atoms with E-state index in [4.69, 9.17) is 62.5 Å². The Labute approximate surface area is 183 Å². The van der Waals surface area contributed by atoms with E-state index in [2.05, 4.69) is 4.98 Å². The molecule has 1 aromatic carbocycles. The van der Waals surface area contributed by atoms with Crippen LogP contribution in [0.5, 0.6) is 0 Å². The van der Waals surface area contributed by atoms with Gasteiger partial charge in [0.15, 0.2) is 0 Å². The molecular weight excluding hydrogens is 523 g/mol. The number of hydrogen-bond donors (Lipinski definition) is 11. The first-order valence-corrected chi connectivity index (χ1v) is 13.4. The van der Waals surface area contributed by atoms with Crippen molar-refractivity contribution in [1.82, 2.24) is 4.98 Å². The first-order chi connectivity index (χ1) is 14.2. The van der Waals surface area contributed by atoms with Crippen molar-refractivity contribution in [3.8, 4) is 0 Å². The first-order valence-electron chi connectivity index (χ1n) is 7.88. The molecule has 0 aliphatic carbocycles. The molecule has 2 heterocycles. The first kappa shape index (κ1) is 31.3. The molecule has 1 saturated heterocycles. The average molecular weight is 545 g/mol. The van der Waals surface area contributed by atoms with Gasteiger partial charge in [0.25, 0.3) is 0 Å².